The monoisotopic (exact) mass is 338 g/mol. The number of quaternary nitrogens is 1. The van der Waals surface area contributed by atoms with Gasteiger partial charge in [-0.1, -0.05) is 54.4 Å². The van der Waals surface area contributed by atoms with E-state index in [0.717, 1.165) is 23.2 Å². The summed E-state index contributed by atoms with van der Waals surface area (Å²) < 4.78 is -0.386. The smallest absolute Gasteiger partial charge is 0.206 e. The Morgan fingerprint density at radius 2 is 1.68 bits per heavy atom. The Hall–Kier alpha value is -1.06. The predicted octanol–water partition coefficient (Wildman–Crippen LogP) is 6.44. The summed E-state index contributed by atoms with van der Waals surface area (Å²) in [6.45, 7) is 7.95. The first-order chi connectivity index (χ1) is 10.3. The first kappa shape index (κ1) is 17.3. The van der Waals surface area contributed by atoms with E-state index in [9.17, 15) is 5.21 Å². The summed E-state index contributed by atoms with van der Waals surface area (Å²) in [5.41, 5.74) is 3.24. The number of benzene rings is 2. The lowest BCUT2D eigenvalue weighted by Crippen LogP contribution is -2.49. The summed E-state index contributed by atoms with van der Waals surface area (Å²) in [5, 5.41) is 12.6. The van der Waals surface area contributed by atoms with E-state index in [1.807, 2.05) is 58.0 Å². The summed E-state index contributed by atoms with van der Waals surface area (Å²) >= 11 is 13.0. The van der Waals surface area contributed by atoms with Crippen LogP contribution in [0.2, 0.25) is 10.0 Å². The molecule has 0 aromatic heterocycles. The average molecular weight is 339 g/mol. The number of para-hydroxylation sites is 1. The van der Waals surface area contributed by atoms with Gasteiger partial charge in [-0.25, -0.2) is 5.21 Å². The maximum atomic E-state index is 11.7. The van der Waals surface area contributed by atoms with Crippen molar-refractivity contribution in [2.24, 2.45) is 0 Å². The maximum Gasteiger partial charge on any atom is 0.208 e. The molecule has 0 fully saturated rings. The molecule has 2 unspecified atom stereocenters. The lowest BCUT2D eigenvalue weighted by atomic mass is 10.1. The third-order valence-electron chi connectivity index (χ3n) is 4.31. The van der Waals surface area contributed by atoms with E-state index in [1.54, 1.807) is 6.07 Å². The van der Waals surface area contributed by atoms with E-state index in [-0.39, 0.29) is 10.7 Å². The van der Waals surface area contributed by atoms with Gasteiger partial charge in [0, 0.05) is 18.1 Å². The summed E-state index contributed by atoms with van der Waals surface area (Å²) in [6.07, 6.45) is 0.783. The zero-order chi connectivity index (χ0) is 16.5. The van der Waals surface area contributed by atoms with Crippen LogP contribution in [-0.4, -0.2) is 11.2 Å². The van der Waals surface area contributed by atoms with Gasteiger partial charge < -0.3 is 0 Å². The molecule has 0 bridgehead atoms. The molecule has 0 saturated heterocycles. The molecule has 1 N–H and O–H groups in total. The van der Waals surface area contributed by atoms with Crippen LogP contribution in [-0.2, 0) is 0 Å². The molecule has 2 atom stereocenters. The van der Waals surface area contributed by atoms with E-state index in [0.29, 0.717) is 15.7 Å². The standard InChI is InChI=1S/C18H22Cl2NO/c1-5-14(4)21(22,16-9-7-6-8-12(16)2)18-15(19)11-10-13(3)17(18)20/h6-11,14,22H,5H2,1-4H3/q+1. The van der Waals surface area contributed by atoms with E-state index in [4.69, 9.17) is 23.2 Å². The number of hydrogen-bond donors (Lipinski definition) is 1. The normalized spacial score (nSPS) is 15.4. The van der Waals surface area contributed by atoms with Gasteiger partial charge in [-0.05, 0) is 32.4 Å². The molecule has 22 heavy (non-hydrogen) atoms. The molecule has 118 valence electrons. The van der Waals surface area contributed by atoms with E-state index in [1.165, 1.54) is 0 Å². The second-order valence-corrected chi connectivity index (χ2v) is 6.54. The van der Waals surface area contributed by atoms with Crippen LogP contribution in [0.4, 0.5) is 11.4 Å². The first-order valence-electron chi connectivity index (χ1n) is 7.46. The SMILES string of the molecule is CCC(C)[N+](O)(c1ccccc1C)c1c(Cl)ccc(C)c1Cl. The number of nitrogens with zero attached hydrogens (tertiary/aromatic N) is 1. The highest BCUT2D eigenvalue weighted by atomic mass is 35.5. The summed E-state index contributed by atoms with van der Waals surface area (Å²) in [5.74, 6) is 0. The van der Waals surface area contributed by atoms with Gasteiger partial charge in [-0.3, -0.25) is 0 Å². The van der Waals surface area contributed by atoms with E-state index in [2.05, 4.69) is 0 Å². The third kappa shape index (κ3) is 2.77. The van der Waals surface area contributed by atoms with Gasteiger partial charge in [-0.2, -0.15) is 0 Å². The fraction of sp³-hybridized carbons (Fsp3) is 0.333. The number of aryl methyl sites for hydroxylation is 2. The zero-order valence-electron chi connectivity index (χ0n) is 13.4. The van der Waals surface area contributed by atoms with E-state index >= 15 is 0 Å². The highest BCUT2D eigenvalue weighted by Gasteiger charge is 2.42. The van der Waals surface area contributed by atoms with Crippen molar-refractivity contribution >= 4 is 34.6 Å². The van der Waals surface area contributed by atoms with Crippen molar-refractivity contribution in [3.63, 3.8) is 0 Å². The van der Waals surface area contributed by atoms with Gasteiger partial charge >= 0.3 is 0 Å². The maximum absolute atomic E-state index is 11.7. The molecule has 0 spiro atoms. The molecule has 0 heterocycles. The van der Waals surface area contributed by atoms with Crippen molar-refractivity contribution in [3.8, 4) is 0 Å². The molecule has 0 radical (unpaired) electrons. The number of halogens is 2. The second-order valence-electron chi connectivity index (χ2n) is 5.76. The average Bonchev–Trinajstić information content (AvgIpc) is 2.50. The fourth-order valence-electron chi connectivity index (χ4n) is 2.74. The minimum atomic E-state index is -0.386. The van der Waals surface area contributed by atoms with Crippen molar-refractivity contribution in [1.29, 1.82) is 0 Å². The van der Waals surface area contributed by atoms with Crippen molar-refractivity contribution < 1.29 is 5.21 Å². The van der Waals surface area contributed by atoms with Crippen LogP contribution in [0, 0.1) is 13.8 Å². The second kappa shape index (κ2) is 6.59. The highest BCUT2D eigenvalue weighted by molar-refractivity contribution is 6.39. The van der Waals surface area contributed by atoms with Gasteiger partial charge in [0.25, 0.3) is 0 Å². The molecule has 2 aromatic carbocycles. The molecule has 2 rings (SSSR count). The molecule has 0 saturated carbocycles. The Morgan fingerprint density at radius 3 is 2.27 bits per heavy atom. The molecule has 2 aromatic rings. The molecule has 0 aliphatic carbocycles. The van der Waals surface area contributed by atoms with Crippen LogP contribution in [0.3, 0.4) is 0 Å². The van der Waals surface area contributed by atoms with E-state index < -0.39 is 0 Å². The minimum absolute atomic E-state index is 0.0853. The van der Waals surface area contributed by atoms with Crippen LogP contribution in [0.15, 0.2) is 36.4 Å². The summed E-state index contributed by atoms with van der Waals surface area (Å²) in [4.78, 5) is 0. The zero-order valence-corrected chi connectivity index (χ0v) is 14.9. The molecular formula is C18H22Cl2NO+. The van der Waals surface area contributed by atoms with Gasteiger partial charge in [0.15, 0.2) is 5.69 Å². The Bertz CT molecular complexity index is 687. The van der Waals surface area contributed by atoms with Gasteiger partial charge in [0.2, 0.25) is 5.69 Å². The van der Waals surface area contributed by atoms with Crippen LogP contribution in [0.1, 0.15) is 31.4 Å². The Morgan fingerprint density at radius 1 is 1.05 bits per heavy atom. The lowest BCUT2D eigenvalue weighted by Gasteiger charge is -2.36. The van der Waals surface area contributed by atoms with Crippen LogP contribution in [0.25, 0.3) is 0 Å². The number of hydroxylamine groups is 1. The Kier molecular flexibility index (Phi) is 5.18. The minimum Gasteiger partial charge on any atom is -0.206 e. The van der Waals surface area contributed by atoms with Crippen LogP contribution >= 0.6 is 23.2 Å². The lowest BCUT2D eigenvalue weighted by molar-refractivity contribution is -0.0565. The fourth-order valence-corrected chi connectivity index (χ4v) is 3.37. The molecule has 0 aliphatic heterocycles. The topological polar surface area (TPSA) is 20.2 Å². The first-order valence-corrected chi connectivity index (χ1v) is 8.22. The van der Waals surface area contributed by atoms with Gasteiger partial charge in [-0.15, -0.1) is 4.65 Å². The Balaban J connectivity index is 2.83. The highest BCUT2D eigenvalue weighted by Crippen LogP contribution is 2.47. The molecule has 2 nitrogen and oxygen atoms in total. The number of hydrogen-bond acceptors (Lipinski definition) is 1. The van der Waals surface area contributed by atoms with Gasteiger partial charge in [0.05, 0.1) is 0 Å². The Labute approximate surface area is 142 Å². The predicted molar refractivity (Wildman–Crippen MR) is 95.4 cm³/mol. The van der Waals surface area contributed by atoms with Gasteiger partial charge in [0.1, 0.15) is 16.1 Å². The van der Waals surface area contributed by atoms with Crippen LogP contribution in [0.5, 0.6) is 0 Å². The van der Waals surface area contributed by atoms with Crippen molar-refractivity contribution in [1.82, 2.24) is 4.65 Å². The molecule has 0 amide bonds. The molecule has 4 heteroatoms. The molecule has 0 aliphatic rings. The van der Waals surface area contributed by atoms with Crippen molar-refractivity contribution in [3.05, 3.63) is 57.6 Å². The summed E-state index contributed by atoms with van der Waals surface area (Å²) in [7, 11) is 0. The molecular weight excluding hydrogens is 317 g/mol. The quantitative estimate of drug-likeness (QED) is 0.502. The van der Waals surface area contributed by atoms with Crippen LogP contribution < -0.4 is 4.65 Å². The van der Waals surface area contributed by atoms with Crippen molar-refractivity contribution in [2.75, 3.05) is 0 Å². The number of rotatable bonds is 4. The largest absolute Gasteiger partial charge is 0.208 e. The van der Waals surface area contributed by atoms with Crippen molar-refractivity contribution in [2.45, 2.75) is 40.2 Å². The summed E-state index contributed by atoms with van der Waals surface area (Å²) in [6, 6.07) is 11.4. The third-order valence-corrected chi connectivity index (χ3v) is 5.09.